The second-order valence-electron chi connectivity index (χ2n) is 4.67. The molecule has 118 valence electrons. The first-order valence-corrected chi connectivity index (χ1v) is 7.70. The summed E-state index contributed by atoms with van der Waals surface area (Å²) in [5.41, 5.74) is 1.43. The van der Waals surface area contributed by atoms with Crippen molar-refractivity contribution in [1.82, 2.24) is 5.32 Å². The van der Waals surface area contributed by atoms with Gasteiger partial charge in [0.25, 0.3) is 11.6 Å². The summed E-state index contributed by atoms with van der Waals surface area (Å²) >= 11 is 8.47. The van der Waals surface area contributed by atoms with Crippen LogP contribution in [0.25, 0.3) is 0 Å². The molecule has 0 aliphatic carbocycles. The zero-order valence-corrected chi connectivity index (χ0v) is 14.4. The summed E-state index contributed by atoms with van der Waals surface area (Å²) in [6, 6.07) is 11.3. The van der Waals surface area contributed by atoms with Crippen LogP contribution in [0.2, 0.25) is 0 Å². The Morgan fingerprint density at radius 1 is 1.26 bits per heavy atom. The molecular formula is C15H12BrN3O3S. The number of thiocarbonyl (C=S) groups is 1. The first-order chi connectivity index (χ1) is 10.9. The van der Waals surface area contributed by atoms with Crippen LogP contribution in [0, 0.1) is 17.0 Å². The third kappa shape index (κ3) is 4.33. The van der Waals surface area contributed by atoms with Crippen LogP contribution < -0.4 is 10.6 Å². The van der Waals surface area contributed by atoms with Gasteiger partial charge in [0.2, 0.25) is 0 Å². The highest BCUT2D eigenvalue weighted by Crippen LogP contribution is 2.23. The third-order valence-electron chi connectivity index (χ3n) is 2.95. The number of benzene rings is 2. The fourth-order valence-electron chi connectivity index (χ4n) is 1.87. The van der Waals surface area contributed by atoms with Gasteiger partial charge in [0.05, 0.1) is 10.6 Å². The molecule has 0 atom stereocenters. The van der Waals surface area contributed by atoms with Crippen LogP contribution in [0.1, 0.15) is 15.9 Å². The predicted octanol–water partition coefficient (Wildman–Crippen LogP) is 3.79. The maximum Gasteiger partial charge on any atom is 0.282 e. The van der Waals surface area contributed by atoms with E-state index in [1.54, 1.807) is 6.07 Å². The predicted molar refractivity (Wildman–Crippen MR) is 95.7 cm³/mol. The number of para-hydroxylation sites is 1. The molecule has 0 unspecified atom stereocenters. The molecule has 2 N–H and O–H groups in total. The van der Waals surface area contributed by atoms with Gasteiger partial charge in [0.15, 0.2) is 5.11 Å². The van der Waals surface area contributed by atoms with Crippen molar-refractivity contribution in [1.29, 1.82) is 0 Å². The molecule has 0 bridgehead atoms. The molecular weight excluding hydrogens is 382 g/mol. The highest BCUT2D eigenvalue weighted by atomic mass is 79.9. The van der Waals surface area contributed by atoms with Crippen LogP contribution in [-0.2, 0) is 0 Å². The number of nitro groups is 1. The van der Waals surface area contributed by atoms with Gasteiger partial charge in [0, 0.05) is 10.5 Å². The standard InChI is InChI=1S/C15H12BrN3O3S/c1-9-6-7-12(11(16)8-9)17-15(23)18-14(20)10-4-2-3-5-13(10)19(21)22/h2-8H,1H3,(H2,17,18,20,23). The molecule has 1 amide bonds. The van der Waals surface area contributed by atoms with E-state index >= 15 is 0 Å². The van der Waals surface area contributed by atoms with E-state index in [1.807, 2.05) is 25.1 Å². The highest BCUT2D eigenvalue weighted by molar-refractivity contribution is 9.10. The van der Waals surface area contributed by atoms with Gasteiger partial charge in [-0.1, -0.05) is 18.2 Å². The highest BCUT2D eigenvalue weighted by Gasteiger charge is 2.20. The summed E-state index contributed by atoms with van der Waals surface area (Å²) in [7, 11) is 0. The Morgan fingerprint density at radius 2 is 1.96 bits per heavy atom. The molecule has 6 nitrogen and oxygen atoms in total. The number of rotatable bonds is 3. The van der Waals surface area contributed by atoms with Gasteiger partial charge < -0.3 is 5.32 Å². The van der Waals surface area contributed by atoms with Crippen molar-refractivity contribution in [3.05, 3.63) is 68.2 Å². The molecule has 0 aliphatic heterocycles. The largest absolute Gasteiger partial charge is 0.331 e. The first kappa shape index (κ1) is 17.0. The lowest BCUT2D eigenvalue weighted by Crippen LogP contribution is -2.34. The van der Waals surface area contributed by atoms with Crippen LogP contribution in [0.4, 0.5) is 11.4 Å². The number of aryl methyl sites for hydroxylation is 1. The van der Waals surface area contributed by atoms with Gasteiger partial charge >= 0.3 is 0 Å². The van der Waals surface area contributed by atoms with Gasteiger partial charge in [-0.2, -0.15) is 0 Å². The first-order valence-electron chi connectivity index (χ1n) is 6.50. The molecule has 2 rings (SSSR count). The Morgan fingerprint density at radius 3 is 2.61 bits per heavy atom. The Bertz CT molecular complexity index is 795. The summed E-state index contributed by atoms with van der Waals surface area (Å²) < 4.78 is 0.791. The maximum absolute atomic E-state index is 12.2. The molecule has 0 heterocycles. The Hall–Kier alpha value is -2.32. The smallest absolute Gasteiger partial charge is 0.282 e. The minimum atomic E-state index is -0.641. The lowest BCUT2D eigenvalue weighted by molar-refractivity contribution is -0.385. The molecule has 0 saturated heterocycles. The molecule has 2 aromatic carbocycles. The Labute approximate surface area is 146 Å². The lowest BCUT2D eigenvalue weighted by Gasteiger charge is -2.11. The topological polar surface area (TPSA) is 84.3 Å². The summed E-state index contributed by atoms with van der Waals surface area (Å²) in [5, 5.41) is 16.3. The second kappa shape index (κ2) is 7.30. The van der Waals surface area contributed by atoms with Crippen molar-refractivity contribution in [2.45, 2.75) is 6.92 Å². The van der Waals surface area contributed by atoms with Crippen molar-refractivity contribution >= 4 is 50.5 Å². The van der Waals surface area contributed by atoms with Crippen molar-refractivity contribution in [3.8, 4) is 0 Å². The molecule has 0 aliphatic rings. The number of halogens is 1. The van der Waals surface area contributed by atoms with E-state index in [4.69, 9.17) is 12.2 Å². The molecule has 0 aromatic heterocycles. The fourth-order valence-corrected chi connectivity index (χ4v) is 2.67. The Kier molecular flexibility index (Phi) is 5.41. The zero-order chi connectivity index (χ0) is 17.0. The Balaban J connectivity index is 2.11. The average molecular weight is 394 g/mol. The van der Waals surface area contributed by atoms with E-state index in [2.05, 4.69) is 26.6 Å². The fraction of sp³-hybridized carbons (Fsp3) is 0.0667. The van der Waals surface area contributed by atoms with Crippen molar-refractivity contribution in [2.75, 3.05) is 5.32 Å². The van der Waals surface area contributed by atoms with E-state index in [0.717, 1.165) is 10.0 Å². The molecule has 0 radical (unpaired) electrons. The summed E-state index contributed by atoms with van der Waals surface area (Å²) in [6.07, 6.45) is 0. The SMILES string of the molecule is Cc1ccc(NC(=S)NC(=O)c2ccccc2[N+](=O)[O-])c(Br)c1. The molecule has 23 heavy (non-hydrogen) atoms. The number of anilines is 1. The lowest BCUT2D eigenvalue weighted by atomic mass is 10.1. The van der Waals surface area contributed by atoms with E-state index in [-0.39, 0.29) is 16.4 Å². The van der Waals surface area contributed by atoms with E-state index < -0.39 is 10.8 Å². The van der Waals surface area contributed by atoms with Crippen molar-refractivity contribution < 1.29 is 9.72 Å². The molecule has 0 spiro atoms. The number of carbonyl (C=O) groups excluding carboxylic acids is 1. The minimum absolute atomic E-state index is 0.0513. The number of nitro benzene ring substituents is 1. The molecule has 0 fully saturated rings. The van der Waals surface area contributed by atoms with Crippen molar-refractivity contribution in [2.24, 2.45) is 0 Å². The molecule has 0 saturated carbocycles. The van der Waals surface area contributed by atoms with Gasteiger partial charge in [0.1, 0.15) is 5.56 Å². The normalized spacial score (nSPS) is 10.0. The van der Waals surface area contributed by atoms with Crippen LogP contribution in [0.15, 0.2) is 46.9 Å². The number of hydrogen-bond donors (Lipinski definition) is 2. The number of nitrogens with one attached hydrogen (secondary N) is 2. The van der Waals surface area contributed by atoms with Gasteiger partial charge in [-0.05, 0) is 58.8 Å². The maximum atomic E-state index is 12.2. The second-order valence-corrected chi connectivity index (χ2v) is 5.93. The molecule has 2 aromatic rings. The van der Waals surface area contributed by atoms with E-state index in [1.165, 1.54) is 18.2 Å². The third-order valence-corrected chi connectivity index (χ3v) is 3.81. The summed E-state index contributed by atoms with van der Waals surface area (Å²) in [6.45, 7) is 1.95. The number of nitrogens with zero attached hydrogens (tertiary/aromatic N) is 1. The van der Waals surface area contributed by atoms with Gasteiger partial charge in [-0.3, -0.25) is 20.2 Å². The number of amides is 1. The van der Waals surface area contributed by atoms with Crippen LogP contribution in [0.3, 0.4) is 0 Å². The van der Waals surface area contributed by atoms with E-state index in [0.29, 0.717) is 5.69 Å². The summed E-state index contributed by atoms with van der Waals surface area (Å²) in [4.78, 5) is 22.5. The van der Waals surface area contributed by atoms with Crippen LogP contribution in [-0.4, -0.2) is 15.9 Å². The zero-order valence-electron chi connectivity index (χ0n) is 12.0. The molecule has 8 heteroatoms. The number of carbonyl (C=O) groups is 1. The minimum Gasteiger partial charge on any atom is -0.331 e. The number of hydrogen-bond acceptors (Lipinski definition) is 4. The van der Waals surface area contributed by atoms with Crippen LogP contribution in [0.5, 0.6) is 0 Å². The van der Waals surface area contributed by atoms with Crippen LogP contribution >= 0.6 is 28.1 Å². The monoisotopic (exact) mass is 393 g/mol. The van der Waals surface area contributed by atoms with Gasteiger partial charge in [-0.15, -0.1) is 0 Å². The average Bonchev–Trinajstić information content (AvgIpc) is 2.50. The quantitative estimate of drug-likeness (QED) is 0.470. The summed E-state index contributed by atoms with van der Waals surface area (Å²) in [5.74, 6) is -0.641. The van der Waals surface area contributed by atoms with E-state index in [9.17, 15) is 14.9 Å². The van der Waals surface area contributed by atoms with Gasteiger partial charge in [-0.25, -0.2) is 0 Å². The van der Waals surface area contributed by atoms with Crippen molar-refractivity contribution in [3.63, 3.8) is 0 Å².